The van der Waals surface area contributed by atoms with Gasteiger partial charge in [0.2, 0.25) is 0 Å². The molecule has 0 rings (SSSR count). The second-order valence-electron chi connectivity index (χ2n) is 1.60. The fraction of sp³-hybridized carbons (Fsp3) is 1.00. The minimum absolute atomic E-state index is 0.594. The minimum atomic E-state index is 0.594. The van der Waals surface area contributed by atoms with E-state index in [1.807, 2.05) is 20.8 Å². The summed E-state index contributed by atoms with van der Waals surface area (Å²) in [5, 5.41) is 1.74. The van der Waals surface area contributed by atoms with Crippen LogP contribution in [-0.4, -0.2) is 24.8 Å². The van der Waals surface area contributed by atoms with E-state index in [0.717, 1.165) is 13.1 Å². The van der Waals surface area contributed by atoms with Crippen LogP contribution in [0.15, 0.2) is 0 Å². The molecular weight excluding hydrogens is 118 g/mol. The maximum atomic E-state index is 4.82. The molecule has 0 amide bonds. The van der Waals surface area contributed by atoms with Crippen LogP contribution in [0.2, 0.25) is 0 Å². The molecule has 0 fully saturated rings. The highest BCUT2D eigenvalue weighted by Crippen LogP contribution is 1.88. The van der Waals surface area contributed by atoms with Crippen molar-refractivity contribution < 1.29 is 9.88 Å². The van der Waals surface area contributed by atoms with E-state index in [2.05, 4.69) is 0 Å². The molecule has 0 aromatic rings. The van der Waals surface area contributed by atoms with E-state index in [9.17, 15) is 0 Å². The van der Waals surface area contributed by atoms with Crippen LogP contribution in [0.5, 0.6) is 0 Å². The zero-order chi connectivity index (χ0) is 7.11. The van der Waals surface area contributed by atoms with Crippen molar-refractivity contribution in [2.24, 2.45) is 0 Å². The lowest BCUT2D eigenvalue weighted by Gasteiger charge is -2.14. The predicted octanol–water partition coefficient (Wildman–Crippen LogP) is 1.21. The summed E-state index contributed by atoms with van der Waals surface area (Å²) in [5.41, 5.74) is 0. The third-order valence-electron chi connectivity index (χ3n) is 0.981. The Hall–Kier alpha value is -0.120. The second kappa shape index (κ2) is 6.01. The standard InChI is InChI=1S/C6H15NO2/c1-4-7(5-2)9-8-6-3/h4-6H2,1-3H3. The number of hydrogen-bond donors (Lipinski definition) is 0. The van der Waals surface area contributed by atoms with Crippen molar-refractivity contribution in [3.63, 3.8) is 0 Å². The highest BCUT2D eigenvalue weighted by molar-refractivity contribution is 4.28. The molecule has 0 N–H and O–H groups in total. The first-order chi connectivity index (χ1) is 4.35. The molecule has 0 bridgehead atoms. The molecule has 0 spiro atoms. The molecule has 0 heterocycles. The summed E-state index contributed by atoms with van der Waals surface area (Å²) in [6.07, 6.45) is 0. The Bertz CT molecular complexity index is 55.0. The molecule has 0 aromatic carbocycles. The van der Waals surface area contributed by atoms with Crippen molar-refractivity contribution in [2.75, 3.05) is 19.7 Å². The van der Waals surface area contributed by atoms with Crippen molar-refractivity contribution in [3.05, 3.63) is 0 Å². The number of hydroxylamine groups is 2. The first-order valence-electron chi connectivity index (χ1n) is 3.39. The van der Waals surface area contributed by atoms with Gasteiger partial charge in [-0.05, 0) is 20.8 Å². The second-order valence-corrected chi connectivity index (χ2v) is 1.60. The Balaban J connectivity index is 3.09. The summed E-state index contributed by atoms with van der Waals surface area (Å²) in [5.74, 6) is 0. The molecule has 0 atom stereocenters. The van der Waals surface area contributed by atoms with Gasteiger partial charge in [0.15, 0.2) is 0 Å². The molecule has 3 heteroatoms. The van der Waals surface area contributed by atoms with Gasteiger partial charge in [0.1, 0.15) is 0 Å². The van der Waals surface area contributed by atoms with Gasteiger partial charge in [-0.15, -0.1) is 4.99 Å². The van der Waals surface area contributed by atoms with Gasteiger partial charge in [0, 0.05) is 13.1 Å². The van der Waals surface area contributed by atoms with Gasteiger partial charge < -0.3 is 0 Å². The normalized spacial score (nSPS) is 10.7. The average molecular weight is 133 g/mol. The van der Waals surface area contributed by atoms with E-state index in [-0.39, 0.29) is 0 Å². The zero-order valence-corrected chi connectivity index (χ0v) is 6.39. The van der Waals surface area contributed by atoms with Gasteiger partial charge in [-0.1, -0.05) is 0 Å². The fourth-order valence-electron chi connectivity index (χ4n) is 0.456. The van der Waals surface area contributed by atoms with Crippen molar-refractivity contribution in [1.29, 1.82) is 0 Å². The number of nitrogens with zero attached hydrogens (tertiary/aromatic N) is 1. The molecule has 0 saturated carbocycles. The Morgan fingerprint density at radius 1 is 1.11 bits per heavy atom. The summed E-state index contributed by atoms with van der Waals surface area (Å²) < 4.78 is 0. The molecule has 0 radical (unpaired) electrons. The highest BCUT2D eigenvalue weighted by atomic mass is 17.3. The van der Waals surface area contributed by atoms with Gasteiger partial charge in [0.05, 0.1) is 6.61 Å². The van der Waals surface area contributed by atoms with Crippen LogP contribution in [0.3, 0.4) is 0 Å². The van der Waals surface area contributed by atoms with Gasteiger partial charge in [-0.2, -0.15) is 5.06 Å². The Kier molecular flexibility index (Phi) is 5.93. The molecule has 56 valence electrons. The summed E-state index contributed by atoms with van der Waals surface area (Å²) in [6.45, 7) is 8.23. The lowest BCUT2D eigenvalue weighted by molar-refractivity contribution is -0.422. The summed E-state index contributed by atoms with van der Waals surface area (Å²) in [6, 6.07) is 0. The van der Waals surface area contributed by atoms with E-state index in [0.29, 0.717) is 6.61 Å². The van der Waals surface area contributed by atoms with Crippen LogP contribution >= 0.6 is 0 Å². The van der Waals surface area contributed by atoms with Crippen LogP contribution < -0.4 is 0 Å². The van der Waals surface area contributed by atoms with Gasteiger partial charge in [0.25, 0.3) is 0 Å². The zero-order valence-electron chi connectivity index (χ0n) is 6.39. The lowest BCUT2D eigenvalue weighted by atomic mass is 10.6. The van der Waals surface area contributed by atoms with Gasteiger partial charge >= 0.3 is 0 Å². The monoisotopic (exact) mass is 133 g/mol. The molecule has 0 aliphatic carbocycles. The third-order valence-corrected chi connectivity index (χ3v) is 0.981. The third kappa shape index (κ3) is 4.39. The van der Waals surface area contributed by atoms with Crippen molar-refractivity contribution in [1.82, 2.24) is 5.06 Å². The molecule has 0 aliphatic rings. The first kappa shape index (κ1) is 8.88. The first-order valence-corrected chi connectivity index (χ1v) is 3.39. The van der Waals surface area contributed by atoms with E-state index in [4.69, 9.17) is 9.88 Å². The smallest absolute Gasteiger partial charge is 0.0814 e. The van der Waals surface area contributed by atoms with Crippen LogP contribution in [0.1, 0.15) is 20.8 Å². The van der Waals surface area contributed by atoms with E-state index >= 15 is 0 Å². The molecule has 0 saturated heterocycles. The van der Waals surface area contributed by atoms with Crippen molar-refractivity contribution >= 4 is 0 Å². The van der Waals surface area contributed by atoms with Crippen LogP contribution in [0.4, 0.5) is 0 Å². The fourth-order valence-corrected chi connectivity index (χ4v) is 0.456. The van der Waals surface area contributed by atoms with Crippen molar-refractivity contribution in [2.45, 2.75) is 20.8 Å². The lowest BCUT2D eigenvalue weighted by Crippen LogP contribution is -2.23. The van der Waals surface area contributed by atoms with Gasteiger partial charge in [-0.25, -0.2) is 4.89 Å². The molecule has 0 aliphatic heterocycles. The summed E-state index contributed by atoms with van der Waals surface area (Å²) in [7, 11) is 0. The Morgan fingerprint density at radius 3 is 2.00 bits per heavy atom. The summed E-state index contributed by atoms with van der Waals surface area (Å²) >= 11 is 0. The SMILES string of the molecule is CCOON(CC)CC. The maximum absolute atomic E-state index is 4.82. The number of rotatable bonds is 5. The van der Waals surface area contributed by atoms with Crippen LogP contribution in [0, 0.1) is 0 Å². The molecule has 0 aromatic heterocycles. The van der Waals surface area contributed by atoms with E-state index in [1.165, 1.54) is 0 Å². The topological polar surface area (TPSA) is 21.7 Å². The number of hydrogen-bond acceptors (Lipinski definition) is 3. The Labute approximate surface area is 56.4 Å². The molecule has 0 unspecified atom stereocenters. The Morgan fingerprint density at radius 2 is 1.67 bits per heavy atom. The quantitative estimate of drug-likeness (QED) is 0.415. The van der Waals surface area contributed by atoms with Crippen molar-refractivity contribution in [3.8, 4) is 0 Å². The highest BCUT2D eigenvalue weighted by Gasteiger charge is 1.96. The molecule has 3 nitrogen and oxygen atoms in total. The summed E-state index contributed by atoms with van der Waals surface area (Å²) in [4.78, 5) is 9.53. The maximum Gasteiger partial charge on any atom is 0.0814 e. The van der Waals surface area contributed by atoms with E-state index in [1.54, 1.807) is 5.06 Å². The van der Waals surface area contributed by atoms with Crippen LogP contribution in [-0.2, 0) is 9.88 Å². The minimum Gasteiger partial charge on any atom is -0.218 e. The van der Waals surface area contributed by atoms with E-state index < -0.39 is 0 Å². The molecular formula is C6H15NO2. The average Bonchev–Trinajstić information content (AvgIpc) is 1.91. The predicted molar refractivity (Wildman–Crippen MR) is 35.6 cm³/mol. The largest absolute Gasteiger partial charge is 0.218 e. The van der Waals surface area contributed by atoms with Crippen LogP contribution in [0.25, 0.3) is 0 Å². The van der Waals surface area contributed by atoms with Gasteiger partial charge in [-0.3, -0.25) is 0 Å². The molecule has 9 heavy (non-hydrogen) atoms.